The standard InChI is InChI=1S/C18H26N2O3/c1-4-13(16(21)19(5-2)6-3)20-17(22)14-11-7-8-12(10-9-11)15(14)18(20)23/h7-8,11-15H,4-6,9-10H2,1-3H3/t11-,12-,13+,14+,15+/m0/s1. The van der Waals surface area contributed by atoms with E-state index in [1.807, 2.05) is 20.8 Å². The van der Waals surface area contributed by atoms with E-state index in [1.165, 1.54) is 4.90 Å². The van der Waals surface area contributed by atoms with Crippen LogP contribution in [0.3, 0.4) is 0 Å². The van der Waals surface area contributed by atoms with Crippen molar-refractivity contribution in [2.24, 2.45) is 23.7 Å². The number of rotatable bonds is 5. The van der Waals surface area contributed by atoms with Gasteiger partial charge in [0, 0.05) is 13.1 Å². The first-order chi connectivity index (χ1) is 11.0. The molecule has 5 atom stereocenters. The summed E-state index contributed by atoms with van der Waals surface area (Å²) in [7, 11) is 0. The van der Waals surface area contributed by atoms with E-state index in [0.29, 0.717) is 19.5 Å². The highest BCUT2D eigenvalue weighted by Crippen LogP contribution is 2.50. The molecule has 1 saturated heterocycles. The molecule has 4 aliphatic rings. The minimum atomic E-state index is -0.639. The molecule has 23 heavy (non-hydrogen) atoms. The fraction of sp³-hybridized carbons (Fsp3) is 0.722. The molecule has 5 heteroatoms. The highest BCUT2D eigenvalue weighted by Gasteiger charge is 2.58. The summed E-state index contributed by atoms with van der Waals surface area (Å²) in [5.74, 6) is -0.453. The predicted molar refractivity (Wildman–Crippen MR) is 86.2 cm³/mol. The molecular formula is C18H26N2O3. The van der Waals surface area contributed by atoms with Gasteiger partial charge in [0.2, 0.25) is 17.7 Å². The summed E-state index contributed by atoms with van der Waals surface area (Å²) in [6, 6.07) is -0.639. The zero-order chi connectivity index (χ0) is 16.7. The Morgan fingerprint density at radius 2 is 1.57 bits per heavy atom. The fourth-order valence-electron chi connectivity index (χ4n) is 4.62. The van der Waals surface area contributed by atoms with Gasteiger partial charge in [0.05, 0.1) is 11.8 Å². The quantitative estimate of drug-likeness (QED) is 0.574. The number of nitrogens with zero attached hydrogens (tertiary/aromatic N) is 2. The van der Waals surface area contributed by atoms with Gasteiger partial charge < -0.3 is 4.90 Å². The third kappa shape index (κ3) is 2.32. The summed E-state index contributed by atoms with van der Waals surface area (Å²) in [6.45, 7) is 6.92. The van der Waals surface area contributed by atoms with E-state index in [9.17, 15) is 14.4 Å². The van der Waals surface area contributed by atoms with E-state index in [0.717, 1.165) is 12.8 Å². The Hall–Kier alpha value is -1.65. The number of carbonyl (C=O) groups excluding carboxylic acids is 3. The summed E-state index contributed by atoms with van der Waals surface area (Å²) in [5.41, 5.74) is 0. The molecule has 0 aromatic rings. The summed E-state index contributed by atoms with van der Waals surface area (Å²) >= 11 is 0. The minimum absolute atomic E-state index is 0.0989. The molecule has 3 amide bonds. The van der Waals surface area contributed by atoms with Crippen LogP contribution in [0.1, 0.15) is 40.0 Å². The fourth-order valence-corrected chi connectivity index (χ4v) is 4.62. The molecule has 2 fully saturated rings. The van der Waals surface area contributed by atoms with Crippen molar-refractivity contribution in [2.45, 2.75) is 46.1 Å². The van der Waals surface area contributed by atoms with Gasteiger partial charge in [-0.05, 0) is 44.9 Å². The topological polar surface area (TPSA) is 57.7 Å². The van der Waals surface area contributed by atoms with E-state index >= 15 is 0 Å². The second-order valence-corrected chi connectivity index (χ2v) is 6.82. The molecule has 2 bridgehead atoms. The van der Waals surface area contributed by atoms with Gasteiger partial charge in [-0.1, -0.05) is 19.1 Å². The number of likely N-dealkylation sites (tertiary alicyclic amines) is 1. The smallest absolute Gasteiger partial charge is 0.245 e. The Balaban J connectivity index is 1.89. The number of allylic oxidation sites excluding steroid dienone is 2. The predicted octanol–water partition coefficient (Wildman–Crippen LogP) is 1.83. The molecule has 0 aromatic carbocycles. The van der Waals surface area contributed by atoms with Crippen LogP contribution in [-0.4, -0.2) is 46.7 Å². The first kappa shape index (κ1) is 16.2. The Morgan fingerprint density at radius 1 is 1.09 bits per heavy atom. The van der Waals surface area contributed by atoms with Gasteiger partial charge in [-0.3, -0.25) is 19.3 Å². The molecule has 1 heterocycles. The monoisotopic (exact) mass is 318 g/mol. The maximum Gasteiger partial charge on any atom is 0.245 e. The highest BCUT2D eigenvalue weighted by atomic mass is 16.2. The van der Waals surface area contributed by atoms with E-state index in [1.54, 1.807) is 4.90 Å². The summed E-state index contributed by atoms with van der Waals surface area (Å²) in [4.78, 5) is 41.7. The lowest BCUT2D eigenvalue weighted by atomic mass is 9.63. The van der Waals surface area contributed by atoms with Crippen LogP contribution in [0.25, 0.3) is 0 Å². The van der Waals surface area contributed by atoms with Gasteiger partial charge in [-0.15, -0.1) is 0 Å². The van der Waals surface area contributed by atoms with E-state index in [2.05, 4.69) is 12.2 Å². The molecule has 0 unspecified atom stereocenters. The Labute approximate surface area is 137 Å². The van der Waals surface area contributed by atoms with E-state index in [4.69, 9.17) is 0 Å². The van der Waals surface area contributed by atoms with Crippen molar-refractivity contribution >= 4 is 17.7 Å². The van der Waals surface area contributed by atoms with Gasteiger partial charge in [0.15, 0.2) is 0 Å². The van der Waals surface area contributed by atoms with E-state index < -0.39 is 6.04 Å². The molecular weight excluding hydrogens is 292 g/mol. The number of imide groups is 1. The van der Waals surface area contributed by atoms with Crippen LogP contribution in [0.15, 0.2) is 12.2 Å². The Bertz CT molecular complexity index is 520. The average Bonchev–Trinajstić information content (AvgIpc) is 2.85. The van der Waals surface area contributed by atoms with Crippen LogP contribution in [0.2, 0.25) is 0 Å². The number of fused-ring (bicyclic) bond motifs is 1. The molecule has 0 N–H and O–H groups in total. The normalized spacial score (nSPS) is 33.1. The maximum atomic E-state index is 12.9. The van der Waals surface area contributed by atoms with Gasteiger partial charge in [-0.2, -0.15) is 0 Å². The average molecular weight is 318 g/mol. The highest BCUT2D eigenvalue weighted by molar-refractivity contribution is 6.09. The Kier molecular flexibility index (Phi) is 4.30. The van der Waals surface area contributed by atoms with Gasteiger partial charge >= 0.3 is 0 Å². The molecule has 126 valence electrons. The van der Waals surface area contributed by atoms with Gasteiger partial charge in [0.1, 0.15) is 6.04 Å². The van der Waals surface area contributed by atoms with Crippen molar-refractivity contribution < 1.29 is 14.4 Å². The van der Waals surface area contributed by atoms with E-state index in [-0.39, 0.29) is 41.4 Å². The molecule has 1 saturated carbocycles. The number of likely N-dealkylation sites (N-methyl/N-ethyl adjacent to an activating group) is 1. The number of carbonyl (C=O) groups is 3. The third-order valence-electron chi connectivity index (χ3n) is 5.85. The number of hydrogen-bond acceptors (Lipinski definition) is 3. The first-order valence-electron chi connectivity index (χ1n) is 8.89. The molecule has 4 rings (SSSR count). The molecule has 0 radical (unpaired) electrons. The van der Waals surface area contributed by atoms with Crippen molar-refractivity contribution in [3.63, 3.8) is 0 Å². The van der Waals surface area contributed by atoms with Crippen molar-refractivity contribution in [1.29, 1.82) is 0 Å². The summed E-state index contributed by atoms with van der Waals surface area (Å²) in [5, 5.41) is 0. The van der Waals surface area contributed by atoms with Crippen LogP contribution < -0.4 is 0 Å². The summed E-state index contributed by atoms with van der Waals surface area (Å²) < 4.78 is 0. The van der Waals surface area contributed by atoms with Crippen LogP contribution in [0, 0.1) is 23.7 Å². The number of amides is 3. The van der Waals surface area contributed by atoms with Crippen LogP contribution >= 0.6 is 0 Å². The van der Waals surface area contributed by atoms with Crippen molar-refractivity contribution in [3.05, 3.63) is 12.2 Å². The van der Waals surface area contributed by atoms with Gasteiger partial charge in [-0.25, -0.2) is 0 Å². The van der Waals surface area contributed by atoms with Crippen LogP contribution in [0.4, 0.5) is 0 Å². The van der Waals surface area contributed by atoms with Crippen molar-refractivity contribution in [1.82, 2.24) is 9.80 Å². The van der Waals surface area contributed by atoms with Crippen molar-refractivity contribution in [2.75, 3.05) is 13.1 Å². The minimum Gasteiger partial charge on any atom is -0.341 e. The zero-order valence-corrected chi connectivity index (χ0v) is 14.2. The largest absolute Gasteiger partial charge is 0.341 e. The van der Waals surface area contributed by atoms with Crippen LogP contribution in [-0.2, 0) is 14.4 Å². The maximum absolute atomic E-state index is 12.9. The SMILES string of the molecule is CC[C@H](C(=O)N(CC)CC)N1C(=O)[C@H]2[C@H](C1=O)[C@H]1C=C[C@H]2CC1. The Morgan fingerprint density at radius 3 is 1.91 bits per heavy atom. The number of hydrogen-bond donors (Lipinski definition) is 0. The lowest BCUT2D eigenvalue weighted by Gasteiger charge is -2.38. The second kappa shape index (κ2) is 6.10. The zero-order valence-electron chi connectivity index (χ0n) is 14.2. The lowest BCUT2D eigenvalue weighted by molar-refractivity contribution is -0.151. The molecule has 3 aliphatic carbocycles. The molecule has 1 aliphatic heterocycles. The molecule has 0 spiro atoms. The first-order valence-corrected chi connectivity index (χ1v) is 8.89. The molecule has 5 nitrogen and oxygen atoms in total. The van der Waals surface area contributed by atoms with Crippen LogP contribution in [0.5, 0.6) is 0 Å². The molecule has 0 aromatic heterocycles. The summed E-state index contributed by atoms with van der Waals surface area (Å²) in [6.07, 6.45) is 6.66. The second-order valence-electron chi connectivity index (χ2n) is 6.82. The lowest BCUT2D eigenvalue weighted by Crippen LogP contribution is -2.51. The van der Waals surface area contributed by atoms with Crippen molar-refractivity contribution in [3.8, 4) is 0 Å². The third-order valence-corrected chi connectivity index (χ3v) is 5.85. The van der Waals surface area contributed by atoms with Gasteiger partial charge in [0.25, 0.3) is 0 Å².